The van der Waals surface area contributed by atoms with Gasteiger partial charge in [0.25, 0.3) is 11.8 Å². The molecule has 0 aliphatic heterocycles. The van der Waals surface area contributed by atoms with E-state index in [-0.39, 0.29) is 95.1 Å². The Labute approximate surface area is 434 Å². The Kier molecular flexibility index (Phi) is 25.0. The van der Waals surface area contributed by atoms with E-state index >= 15 is 0 Å². The largest absolute Gasteiger partial charge is 0.472 e. The number of hydrogen-bond acceptors (Lipinski definition) is 16. The van der Waals surface area contributed by atoms with Crippen molar-refractivity contribution in [2.24, 2.45) is 45.9 Å². The third-order valence-corrected chi connectivity index (χ3v) is 11.9. The van der Waals surface area contributed by atoms with Crippen LogP contribution in [-0.2, 0) is 9.59 Å². The minimum Gasteiger partial charge on any atom is -0.472 e. The third-order valence-electron chi connectivity index (χ3n) is 9.61. The lowest BCUT2D eigenvalue weighted by Gasteiger charge is -2.21. The summed E-state index contributed by atoms with van der Waals surface area (Å²) in [5.41, 5.74) is 45.6. The fourth-order valence-corrected chi connectivity index (χ4v) is 8.09. The van der Waals surface area contributed by atoms with E-state index in [1.165, 1.54) is 35.7 Å². The van der Waals surface area contributed by atoms with E-state index in [0.717, 1.165) is 0 Å². The second-order valence-corrected chi connectivity index (χ2v) is 17.6. The van der Waals surface area contributed by atoms with E-state index in [4.69, 9.17) is 87.8 Å². The summed E-state index contributed by atoms with van der Waals surface area (Å²) in [4.78, 5) is 56.7. The molecule has 3 aromatic carbocycles. The monoisotopic (exact) mass is 1070 g/mol. The van der Waals surface area contributed by atoms with E-state index < -0.39 is 61.1 Å². The van der Waals surface area contributed by atoms with Crippen LogP contribution < -0.4 is 109 Å². The van der Waals surface area contributed by atoms with E-state index in [1.54, 1.807) is 36.4 Å². The average Bonchev–Trinajstić information content (AvgIpc) is 3.32. The van der Waals surface area contributed by atoms with Gasteiger partial charge in [-0.25, -0.2) is 0 Å². The summed E-state index contributed by atoms with van der Waals surface area (Å²) in [6, 6.07) is 9.95. The highest BCUT2D eigenvalue weighted by atomic mass is 32.2. The first-order chi connectivity index (χ1) is 35.2. The van der Waals surface area contributed by atoms with Gasteiger partial charge in [-0.15, -0.1) is 23.5 Å². The van der Waals surface area contributed by atoms with Gasteiger partial charge in [0.1, 0.15) is 11.5 Å². The number of anilines is 4. The van der Waals surface area contributed by atoms with Crippen molar-refractivity contribution in [3.63, 3.8) is 0 Å². The summed E-state index contributed by atoms with van der Waals surface area (Å²) in [5, 5.41) is 72.1. The summed E-state index contributed by atoms with van der Waals surface area (Å²) in [7, 11) is 0. The Morgan fingerprint density at radius 1 is 0.473 bits per heavy atom. The molecule has 0 saturated heterocycles. The number of nitrogens with one attached hydrogen (secondary N) is 16. The van der Waals surface area contributed by atoms with Gasteiger partial charge < -0.3 is 109 Å². The first-order valence-corrected chi connectivity index (χ1v) is 24.3. The Bertz CT molecular complexity index is 2350. The van der Waals surface area contributed by atoms with E-state index in [0.29, 0.717) is 47.2 Å². The smallest absolute Gasteiger partial charge is 0.259 e. The van der Waals surface area contributed by atoms with E-state index in [2.05, 4.69) is 53.2 Å². The van der Waals surface area contributed by atoms with Gasteiger partial charge in [0, 0.05) is 43.8 Å². The summed E-state index contributed by atoms with van der Waals surface area (Å²) in [6.07, 6.45) is 1.34. The normalized spacial score (nSPS) is 11.3. The van der Waals surface area contributed by atoms with Crippen LogP contribution in [0.4, 0.5) is 22.7 Å². The number of rotatable bonds is 30. The fraction of sp³-hybridized carbons (Fsp3) is 0.333. The molecule has 2 atom stereocenters. The highest BCUT2D eigenvalue weighted by Crippen LogP contribution is 2.38. The van der Waals surface area contributed by atoms with Crippen molar-refractivity contribution in [2.45, 2.75) is 47.6 Å². The van der Waals surface area contributed by atoms with Crippen molar-refractivity contribution >= 4 is 106 Å². The number of nitrogens with two attached hydrogens (primary N) is 8. The van der Waals surface area contributed by atoms with Crippen molar-refractivity contribution in [3.05, 3.63) is 59.7 Å². The van der Waals surface area contributed by atoms with Crippen molar-refractivity contribution in [2.75, 3.05) is 72.4 Å². The van der Waals surface area contributed by atoms with Gasteiger partial charge in [-0.2, -0.15) is 0 Å². The molecule has 30 nitrogen and oxygen atoms in total. The Morgan fingerprint density at radius 2 is 0.797 bits per heavy atom. The zero-order chi connectivity index (χ0) is 54.7. The Hall–Kier alpha value is -8.62. The molecule has 0 aromatic heterocycles. The van der Waals surface area contributed by atoms with Gasteiger partial charge in [0.2, 0.25) is 11.8 Å². The third kappa shape index (κ3) is 21.4. The van der Waals surface area contributed by atoms with E-state index in [9.17, 15) is 19.2 Å². The maximum absolute atomic E-state index is 14.6. The molecular formula is C42H66N24O6S2. The van der Waals surface area contributed by atoms with Crippen LogP contribution in [0.5, 0.6) is 11.5 Å². The molecule has 32 heteroatoms. The van der Waals surface area contributed by atoms with Crippen molar-refractivity contribution in [1.82, 2.24) is 31.9 Å². The van der Waals surface area contributed by atoms with Crippen LogP contribution in [-0.4, -0.2) is 123 Å². The van der Waals surface area contributed by atoms with Gasteiger partial charge in [0.15, 0.2) is 49.2 Å². The number of thioether (sulfide) groups is 2. The molecule has 74 heavy (non-hydrogen) atoms. The summed E-state index contributed by atoms with van der Waals surface area (Å²) in [6.45, 7) is 0.213. The standard InChI is InChI=1S/C42H66N24O6S2/c43-23(5-3-11-57-37(45)46)35(69)65-27-9-1-7-25(31(27)73-15-13-59-39(49)50)63-33(67)21-17-22(30(72-20-62-42(55)56)18-29(21)71-19-61-41(53)54)34(68)64-26-8-2-10-28(32(26)74-16-14-60-40(51)52)66-36(70)24(44)6-4-12-58-38(47)48/h1-2,7-10,17-18,23-24H,3-6,11-16,19-20,43-44H2,(H,63,67)(H,64,68)(H,65,69)(H,66,70)(H4,45,46,57)(H4,47,48,58)(H4,49,50,59)(H4,51,52,60)(H4,53,54,61)(H4,55,56,62)/t23-,24-/m1/s1. The van der Waals surface area contributed by atoms with Crippen LogP contribution in [0.15, 0.2) is 58.3 Å². The SMILES string of the molecule is N=C(N)NCCC[C@@H](N)C(=O)Nc1cccc(NC(=O)c2cc(C(=O)Nc3cccc(NC(=O)[C@H](N)CCCNC(=N)N)c3SCCNC(=N)N)c(OCNC(=N)N)cc2OCNC(=N)N)c1SCCNC(=N)N. The van der Waals surface area contributed by atoms with Crippen LogP contribution in [0.25, 0.3) is 0 Å². The van der Waals surface area contributed by atoms with Crippen LogP contribution in [0.2, 0.25) is 0 Å². The Balaban J connectivity index is 2.15. The molecule has 0 aliphatic carbocycles. The van der Waals surface area contributed by atoms with Crippen molar-refractivity contribution in [1.29, 1.82) is 32.5 Å². The van der Waals surface area contributed by atoms with Gasteiger partial charge >= 0.3 is 0 Å². The lowest BCUT2D eigenvalue weighted by atomic mass is 10.1. The minimum absolute atomic E-state index is 0.174. The predicted octanol–water partition coefficient (Wildman–Crippen LogP) is -1.96. The maximum atomic E-state index is 14.6. The predicted molar refractivity (Wildman–Crippen MR) is 289 cm³/mol. The molecule has 402 valence electrons. The van der Waals surface area contributed by atoms with Gasteiger partial charge in [-0.05, 0) is 56.0 Å². The lowest BCUT2D eigenvalue weighted by Crippen LogP contribution is -2.37. The molecule has 0 fully saturated rings. The molecule has 3 rings (SSSR count). The quantitative estimate of drug-likeness (QED) is 0.0113. The molecule has 0 heterocycles. The molecular weight excluding hydrogens is 1000 g/mol. The number of benzene rings is 3. The highest BCUT2D eigenvalue weighted by Gasteiger charge is 2.26. The van der Waals surface area contributed by atoms with Gasteiger partial charge in [-0.1, -0.05) is 12.1 Å². The van der Waals surface area contributed by atoms with Crippen LogP contribution >= 0.6 is 23.5 Å². The molecule has 0 bridgehead atoms. The van der Waals surface area contributed by atoms with E-state index in [1.807, 2.05) is 0 Å². The molecule has 0 spiro atoms. The zero-order valence-electron chi connectivity index (χ0n) is 40.1. The number of ether oxygens (including phenoxy) is 2. The Morgan fingerprint density at radius 3 is 1.14 bits per heavy atom. The first kappa shape index (κ1) is 59.7. The second-order valence-electron chi connectivity index (χ2n) is 15.4. The molecule has 0 saturated carbocycles. The van der Waals surface area contributed by atoms with Crippen molar-refractivity contribution in [3.8, 4) is 11.5 Å². The number of hydrogen-bond donors (Lipinski definition) is 24. The number of amides is 4. The zero-order valence-corrected chi connectivity index (χ0v) is 41.8. The molecule has 4 amide bonds. The molecule has 0 unspecified atom stereocenters. The molecule has 0 radical (unpaired) electrons. The summed E-state index contributed by atoms with van der Waals surface area (Å²) in [5.74, 6) is -4.43. The topological polar surface area (TPSA) is 558 Å². The minimum atomic E-state index is -0.964. The average molecular weight is 1070 g/mol. The van der Waals surface area contributed by atoms with Gasteiger partial charge in [0.05, 0.1) is 55.8 Å². The first-order valence-electron chi connectivity index (χ1n) is 22.3. The number of guanidine groups is 6. The number of carbonyl (C=O) groups is 4. The van der Waals surface area contributed by atoms with Crippen LogP contribution in [0.1, 0.15) is 46.4 Å². The molecule has 32 N–H and O–H groups in total. The summed E-state index contributed by atoms with van der Waals surface area (Å²) >= 11 is 2.39. The second kappa shape index (κ2) is 31.0. The van der Waals surface area contributed by atoms with Crippen molar-refractivity contribution < 1.29 is 28.7 Å². The molecule has 0 aliphatic rings. The fourth-order valence-electron chi connectivity index (χ4n) is 6.18. The lowest BCUT2D eigenvalue weighted by molar-refractivity contribution is -0.118. The highest BCUT2D eigenvalue weighted by molar-refractivity contribution is 7.99. The van der Waals surface area contributed by atoms with Gasteiger partial charge in [-0.3, -0.25) is 51.6 Å². The van der Waals surface area contributed by atoms with Crippen LogP contribution in [0, 0.1) is 32.5 Å². The molecule has 3 aromatic rings. The number of carbonyl (C=O) groups excluding carboxylic acids is 4. The van der Waals surface area contributed by atoms with Crippen LogP contribution in [0.3, 0.4) is 0 Å². The summed E-state index contributed by atoms with van der Waals surface area (Å²) < 4.78 is 11.8. The maximum Gasteiger partial charge on any atom is 0.259 e.